The second-order valence-electron chi connectivity index (χ2n) is 4.51. The zero-order valence-electron chi connectivity index (χ0n) is 11.7. The van der Waals surface area contributed by atoms with Gasteiger partial charge in [0.25, 0.3) is 0 Å². The quantitative estimate of drug-likeness (QED) is 0.831. The van der Waals surface area contributed by atoms with Gasteiger partial charge in [0.2, 0.25) is 0 Å². The van der Waals surface area contributed by atoms with E-state index in [0.717, 1.165) is 30.2 Å². The van der Waals surface area contributed by atoms with Crippen LogP contribution in [0.5, 0.6) is 11.5 Å². The first kappa shape index (κ1) is 14.1. The van der Waals surface area contributed by atoms with Crippen LogP contribution in [0.15, 0.2) is 18.2 Å². The lowest BCUT2D eigenvalue weighted by molar-refractivity contribution is 0.0642. The van der Waals surface area contributed by atoms with Crippen LogP contribution in [-0.2, 0) is 4.74 Å². The number of benzene rings is 1. The molecule has 1 saturated heterocycles. The summed E-state index contributed by atoms with van der Waals surface area (Å²) in [7, 11) is 5.30. The third-order valence-corrected chi connectivity index (χ3v) is 3.44. The Bertz CT molecular complexity index is 406. The van der Waals surface area contributed by atoms with Gasteiger partial charge in [-0.1, -0.05) is 0 Å². The summed E-state index contributed by atoms with van der Waals surface area (Å²) in [5.74, 6) is 1.68. The van der Waals surface area contributed by atoms with E-state index in [2.05, 4.69) is 10.6 Å². The fourth-order valence-electron chi connectivity index (χ4n) is 2.46. The zero-order chi connectivity index (χ0) is 13.7. The number of methoxy groups -OCH3 is 2. The smallest absolute Gasteiger partial charge is 0.123 e. The predicted molar refractivity (Wildman–Crippen MR) is 74.0 cm³/mol. The Hall–Kier alpha value is -1.30. The number of ether oxygens (including phenoxy) is 3. The van der Waals surface area contributed by atoms with Gasteiger partial charge in [0.1, 0.15) is 11.5 Å². The van der Waals surface area contributed by atoms with Crippen molar-refractivity contribution in [2.24, 2.45) is 0 Å². The molecule has 0 spiro atoms. The number of nitrogens with one attached hydrogen (secondary N) is 2. The maximum absolute atomic E-state index is 5.54. The molecule has 0 amide bonds. The van der Waals surface area contributed by atoms with E-state index in [1.54, 1.807) is 14.2 Å². The van der Waals surface area contributed by atoms with E-state index >= 15 is 0 Å². The summed E-state index contributed by atoms with van der Waals surface area (Å²) in [5.41, 5.74) is 1.08. The van der Waals surface area contributed by atoms with Crippen molar-refractivity contribution >= 4 is 0 Å². The molecule has 1 aromatic rings. The van der Waals surface area contributed by atoms with E-state index in [1.165, 1.54) is 0 Å². The number of hydrogen-bond acceptors (Lipinski definition) is 5. The standard InChI is InChI=1S/C14H22N2O3/c1-15-14(12-9-19-7-6-16-12)11-8-10(17-2)4-5-13(11)18-3/h4-5,8,12,14-16H,6-7,9H2,1-3H3. The van der Waals surface area contributed by atoms with Crippen LogP contribution in [-0.4, -0.2) is 47.1 Å². The van der Waals surface area contributed by atoms with E-state index in [4.69, 9.17) is 14.2 Å². The monoisotopic (exact) mass is 266 g/mol. The highest BCUT2D eigenvalue weighted by Crippen LogP contribution is 2.31. The van der Waals surface area contributed by atoms with Crippen molar-refractivity contribution < 1.29 is 14.2 Å². The molecule has 2 unspecified atom stereocenters. The van der Waals surface area contributed by atoms with Gasteiger partial charge in [0, 0.05) is 12.1 Å². The van der Waals surface area contributed by atoms with E-state index in [9.17, 15) is 0 Å². The molecule has 2 rings (SSSR count). The number of rotatable bonds is 5. The Kier molecular flexibility index (Phi) is 5.01. The van der Waals surface area contributed by atoms with Crippen molar-refractivity contribution in [3.8, 4) is 11.5 Å². The molecule has 5 nitrogen and oxygen atoms in total. The fraction of sp³-hybridized carbons (Fsp3) is 0.571. The summed E-state index contributed by atoms with van der Waals surface area (Å²) in [6.07, 6.45) is 0. The molecule has 1 heterocycles. The van der Waals surface area contributed by atoms with Gasteiger partial charge in [-0.2, -0.15) is 0 Å². The Morgan fingerprint density at radius 1 is 1.37 bits per heavy atom. The van der Waals surface area contributed by atoms with Crippen molar-refractivity contribution in [3.05, 3.63) is 23.8 Å². The Morgan fingerprint density at radius 2 is 2.21 bits per heavy atom. The van der Waals surface area contributed by atoms with Gasteiger partial charge in [-0.15, -0.1) is 0 Å². The van der Waals surface area contributed by atoms with Crippen molar-refractivity contribution in [2.75, 3.05) is 41.0 Å². The summed E-state index contributed by atoms with van der Waals surface area (Å²) >= 11 is 0. The van der Waals surface area contributed by atoms with Crippen molar-refractivity contribution in [1.82, 2.24) is 10.6 Å². The van der Waals surface area contributed by atoms with Gasteiger partial charge in [-0.3, -0.25) is 0 Å². The maximum Gasteiger partial charge on any atom is 0.123 e. The van der Waals surface area contributed by atoms with Crippen molar-refractivity contribution in [1.29, 1.82) is 0 Å². The number of morpholine rings is 1. The summed E-state index contributed by atoms with van der Waals surface area (Å²) in [6.45, 7) is 2.32. The molecule has 5 heteroatoms. The highest BCUT2D eigenvalue weighted by Gasteiger charge is 2.26. The summed E-state index contributed by atoms with van der Waals surface area (Å²) < 4.78 is 16.3. The van der Waals surface area contributed by atoms with Crippen molar-refractivity contribution in [3.63, 3.8) is 0 Å². The maximum atomic E-state index is 5.54. The van der Waals surface area contributed by atoms with Gasteiger partial charge >= 0.3 is 0 Å². The minimum Gasteiger partial charge on any atom is -0.497 e. The summed E-state index contributed by atoms with van der Waals surface area (Å²) in [4.78, 5) is 0. The Labute approximate surface area is 114 Å². The molecule has 0 bridgehead atoms. The third kappa shape index (κ3) is 3.18. The second-order valence-corrected chi connectivity index (χ2v) is 4.51. The molecule has 0 radical (unpaired) electrons. The largest absolute Gasteiger partial charge is 0.497 e. The minimum atomic E-state index is 0.116. The molecule has 1 fully saturated rings. The van der Waals surface area contributed by atoms with Crippen LogP contribution in [0, 0.1) is 0 Å². The first-order valence-corrected chi connectivity index (χ1v) is 6.50. The molecular formula is C14H22N2O3. The molecule has 19 heavy (non-hydrogen) atoms. The van der Waals surface area contributed by atoms with E-state index in [0.29, 0.717) is 6.61 Å². The lowest BCUT2D eigenvalue weighted by atomic mass is 9.98. The van der Waals surface area contributed by atoms with Gasteiger partial charge in [0.15, 0.2) is 0 Å². The Balaban J connectivity index is 2.29. The van der Waals surface area contributed by atoms with E-state index in [-0.39, 0.29) is 12.1 Å². The molecule has 106 valence electrons. The highest BCUT2D eigenvalue weighted by molar-refractivity contribution is 5.43. The summed E-state index contributed by atoms with van der Waals surface area (Å²) in [6, 6.07) is 6.18. The van der Waals surface area contributed by atoms with Gasteiger partial charge < -0.3 is 24.8 Å². The summed E-state index contributed by atoms with van der Waals surface area (Å²) in [5, 5.41) is 6.81. The first-order chi connectivity index (χ1) is 9.30. The number of hydrogen-bond donors (Lipinski definition) is 2. The minimum absolute atomic E-state index is 0.116. The van der Waals surface area contributed by atoms with E-state index < -0.39 is 0 Å². The average Bonchev–Trinajstić information content (AvgIpc) is 2.49. The molecule has 0 saturated carbocycles. The lowest BCUT2D eigenvalue weighted by Gasteiger charge is -2.32. The Morgan fingerprint density at radius 3 is 2.79 bits per heavy atom. The number of likely N-dealkylation sites (N-methyl/N-ethyl adjacent to an activating group) is 1. The van der Waals surface area contributed by atoms with Gasteiger partial charge in [-0.25, -0.2) is 0 Å². The first-order valence-electron chi connectivity index (χ1n) is 6.50. The van der Waals surface area contributed by atoms with Crippen molar-refractivity contribution in [2.45, 2.75) is 12.1 Å². The zero-order valence-corrected chi connectivity index (χ0v) is 11.7. The van der Waals surface area contributed by atoms with E-state index in [1.807, 2.05) is 25.2 Å². The van der Waals surface area contributed by atoms with Crippen LogP contribution >= 0.6 is 0 Å². The SMILES string of the molecule is CNC(c1cc(OC)ccc1OC)C1COCCN1. The van der Waals surface area contributed by atoms with Crippen LogP contribution in [0.1, 0.15) is 11.6 Å². The predicted octanol–water partition coefficient (Wildman–Crippen LogP) is 0.953. The molecule has 1 aromatic carbocycles. The molecule has 1 aliphatic heterocycles. The molecule has 0 aliphatic carbocycles. The van der Waals surface area contributed by atoms with Crippen LogP contribution in [0.3, 0.4) is 0 Å². The second kappa shape index (κ2) is 6.75. The van der Waals surface area contributed by atoms with Crippen LogP contribution in [0.25, 0.3) is 0 Å². The van der Waals surface area contributed by atoms with Crippen LogP contribution in [0.4, 0.5) is 0 Å². The third-order valence-electron chi connectivity index (χ3n) is 3.44. The molecule has 1 aliphatic rings. The van der Waals surface area contributed by atoms with Gasteiger partial charge in [-0.05, 0) is 25.2 Å². The van der Waals surface area contributed by atoms with Crippen LogP contribution < -0.4 is 20.1 Å². The molecule has 2 N–H and O–H groups in total. The lowest BCUT2D eigenvalue weighted by Crippen LogP contribution is -2.48. The van der Waals surface area contributed by atoms with Gasteiger partial charge in [0.05, 0.1) is 39.5 Å². The average molecular weight is 266 g/mol. The fourth-order valence-corrected chi connectivity index (χ4v) is 2.46. The molecular weight excluding hydrogens is 244 g/mol. The topological polar surface area (TPSA) is 51.8 Å². The normalized spacial score (nSPS) is 20.9. The van der Waals surface area contributed by atoms with Crippen LogP contribution in [0.2, 0.25) is 0 Å². The molecule has 2 atom stereocenters. The highest BCUT2D eigenvalue weighted by atomic mass is 16.5. The molecule has 0 aromatic heterocycles.